The van der Waals surface area contributed by atoms with Crippen molar-refractivity contribution in [2.24, 2.45) is 0 Å². The highest BCUT2D eigenvalue weighted by atomic mass is 16.5. The van der Waals surface area contributed by atoms with Crippen molar-refractivity contribution in [3.8, 4) is 5.75 Å². The molecule has 3 rings (SSSR count). The molecule has 2 aromatic rings. The summed E-state index contributed by atoms with van der Waals surface area (Å²) in [4.78, 5) is 23.9. The van der Waals surface area contributed by atoms with E-state index in [-0.39, 0.29) is 18.0 Å². The zero-order chi connectivity index (χ0) is 16.9. The van der Waals surface area contributed by atoms with Crippen LogP contribution in [-0.2, 0) is 17.8 Å². The Morgan fingerprint density at radius 3 is 2.83 bits per heavy atom. The Balaban J connectivity index is 1.54. The number of carbonyl (C=O) groups excluding carboxylic acids is 1. The van der Waals surface area contributed by atoms with E-state index >= 15 is 0 Å². The van der Waals surface area contributed by atoms with Gasteiger partial charge < -0.3 is 10.1 Å². The molecule has 1 aromatic carbocycles. The summed E-state index contributed by atoms with van der Waals surface area (Å²) in [6.07, 6.45) is 2.88. The number of nitrogens with zero attached hydrogens (tertiary/aromatic N) is 2. The van der Waals surface area contributed by atoms with E-state index in [2.05, 4.69) is 10.4 Å². The molecule has 0 spiro atoms. The van der Waals surface area contributed by atoms with Crippen LogP contribution in [0.15, 0.2) is 41.2 Å². The van der Waals surface area contributed by atoms with Gasteiger partial charge in [0.25, 0.3) is 5.56 Å². The van der Waals surface area contributed by atoms with Crippen molar-refractivity contribution < 1.29 is 9.53 Å². The first-order valence-electron chi connectivity index (χ1n) is 8.14. The highest BCUT2D eigenvalue weighted by Crippen LogP contribution is 2.38. The number of hydrogen-bond acceptors (Lipinski definition) is 4. The van der Waals surface area contributed by atoms with Crippen molar-refractivity contribution in [3.63, 3.8) is 0 Å². The Morgan fingerprint density at radius 1 is 1.29 bits per heavy atom. The van der Waals surface area contributed by atoms with Crippen molar-refractivity contribution in [1.29, 1.82) is 0 Å². The third-order valence-electron chi connectivity index (χ3n) is 4.09. The van der Waals surface area contributed by atoms with Gasteiger partial charge in [-0.3, -0.25) is 9.59 Å². The number of benzene rings is 1. The third kappa shape index (κ3) is 4.01. The van der Waals surface area contributed by atoms with Gasteiger partial charge in [0.1, 0.15) is 12.3 Å². The molecule has 24 heavy (non-hydrogen) atoms. The summed E-state index contributed by atoms with van der Waals surface area (Å²) in [5, 5.41) is 7.12. The van der Waals surface area contributed by atoms with Crippen molar-refractivity contribution >= 4 is 5.91 Å². The summed E-state index contributed by atoms with van der Waals surface area (Å²) >= 11 is 0. The van der Waals surface area contributed by atoms with E-state index < -0.39 is 0 Å². The Morgan fingerprint density at radius 2 is 2.08 bits per heavy atom. The fraction of sp³-hybridized carbons (Fsp3) is 0.389. The molecule has 1 N–H and O–H groups in total. The molecule has 0 aliphatic heterocycles. The zero-order valence-corrected chi connectivity index (χ0v) is 13.7. The summed E-state index contributed by atoms with van der Waals surface area (Å²) in [5.74, 6) is 1.04. The SMILES string of the molecule is COc1ccccc1CCNC(=O)Cn1nc(C2CC2)ccc1=O. The lowest BCUT2D eigenvalue weighted by molar-refractivity contribution is -0.121. The molecule has 6 nitrogen and oxygen atoms in total. The van der Waals surface area contributed by atoms with Crippen molar-refractivity contribution in [3.05, 3.63) is 58.0 Å². The molecular formula is C18H21N3O3. The lowest BCUT2D eigenvalue weighted by Crippen LogP contribution is -2.34. The van der Waals surface area contributed by atoms with E-state index in [9.17, 15) is 9.59 Å². The maximum absolute atomic E-state index is 12.1. The van der Waals surface area contributed by atoms with Crippen molar-refractivity contribution in [1.82, 2.24) is 15.1 Å². The summed E-state index contributed by atoms with van der Waals surface area (Å²) in [5.41, 5.74) is 1.68. The van der Waals surface area contributed by atoms with E-state index in [0.29, 0.717) is 18.9 Å². The van der Waals surface area contributed by atoms with Gasteiger partial charge in [-0.05, 0) is 37.0 Å². The smallest absolute Gasteiger partial charge is 0.267 e. The number of amides is 1. The summed E-state index contributed by atoms with van der Waals surface area (Å²) in [6.45, 7) is 0.432. The molecule has 0 radical (unpaired) electrons. The van der Waals surface area contributed by atoms with Gasteiger partial charge in [0.05, 0.1) is 12.8 Å². The van der Waals surface area contributed by atoms with Gasteiger partial charge in [-0.25, -0.2) is 4.68 Å². The normalized spacial score (nSPS) is 13.5. The number of carbonyl (C=O) groups is 1. The van der Waals surface area contributed by atoms with Crippen molar-refractivity contribution in [2.45, 2.75) is 31.7 Å². The van der Waals surface area contributed by atoms with E-state index in [4.69, 9.17) is 4.74 Å². The minimum Gasteiger partial charge on any atom is -0.496 e. The first-order valence-corrected chi connectivity index (χ1v) is 8.14. The minimum absolute atomic E-state index is 0.0503. The van der Waals surface area contributed by atoms with Crippen LogP contribution in [0.1, 0.15) is 30.0 Å². The average Bonchev–Trinajstić information content (AvgIpc) is 3.42. The standard InChI is InChI=1S/C18H21N3O3/c1-24-16-5-3-2-4-14(16)10-11-19-17(22)12-21-18(23)9-8-15(20-21)13-6-7-13/h2-5,8-9,13H,6-7,10-12H2,1H3,(H,19,22). The number of rotatable bonds is 7. The Kier molecular flexibility index (Phi) is 4.93. The van der Waals surface area contributed by atoms with Crippen LogP contribution in [-0.4, -0.2) is 29.3 Å². The first kappa shape index (κ1) is 16.2. The van der Waals surface area contributed by atoms with Crippen LogP contribution in [0.3, 0.4) is 0 Å². The van der Waals surface area contributed by atoms with Gasteiger partial charge in [0, 0.05) is 18.5 Å². The summed E-state index contributed by atoms with van der Waals surface area (Å²) < 4.78 is 6.53. The van der Waals surface area contributed by atoms with Gasteiger partial charge in [-0.15, -0.1) is 0 Å². The third-order valence-corrected chi connectivity index (χ3v) is 4.09. The lowest BCUT2D eigenvalue weighted by atomic mass is 10.1. The fourth-order valence-corrected chi connectivity index (χ4v) is 2.61. The molecule has 1 saturated carbocycles. The van der Waals surface area contributed by atoms with Gasteiger partial charge >= 0.3 is 0 Å². The van der Waals surface area contributed by atoms with Gasteiger partial charge in [-0.1, -0.05) is 18.2 Å². The van der Waals surface area contributed by atoms with Gasteiger partial charge in [0.2, 0.25) is 5.91 Å². The predicted molar refractivity (Wildman–Crippen MR) is 90.2 cm³/mol. The number of nitrogens with one attached hydrogen (secondary N) is 1. The quantitative estimate of drug-likeness (QED) is 0.836. The Hall–Kier alpha value is -2.63. The molecule has 1 aliphatic rings. The van der Waals surface area contributed by atoms with Crippen LogP contribution < -0.4 is 15.6 Å². The lowest BCUT2D eigenvalue weighted by Gasteiger charge is -2.10. The molecule has 0 bridgehead atoms. The number of aromatic nitrogens is 2. The molecule has 1 aliphatic carbocycles. The largest absolute Gasteiger partial charge is 0.496 e. The fourth-order valence-electron chi connectivity index (χ4n) is 2.61. The molecule has 1 heterocycles. The molecular weight excluding hydrogens is 306 g/mol. The highest BCUT2D eigenvalue weighted by Gasteiger charge is 2.25. The van der Waals surface area contributed by atoms with Crippen LogP contribution in [0.5, 0.6) is 5.75 Å². The number of methoxy groups -OCH3 is 1. The monoisotopic (exact) mass is 327 g/mol. The topological polar surface area (TPSA) is 73.2 Å². The summed E-state index contributed by atoms with van der Waals surface area (Å²) in [6, 6.07) is 11.0. The molecule has 6 heteroatoms. The first-order chi connectivity index (χ1) is 11.7. The Bertz CT molecular complexity index is 781. The maximum Gasteiger partial charge on any atom is 0.267 e. The van der Waals surface area contributed by atoms with Gasteiger partial charge in [-0.2, -0.15) is 5.10 Å². The molecule has 1 fully saturated rings. The molecule has 0 atom stereocenters. The van der Waals surface area contributed by atoms with Crippen LogP contribution in [0.4, 0.5) is 0 Å². The van der Waals surface area contributed by atoms with Crippen LogP contribution in [0.25, 0.3) is 0 Å². The van der Waals surface area contributed by atoms with Crippen LogP contribution >= 0.6 is 0 Å². The molecule has 0 unspecified atom stereocenters. The number of ether oxygens (including phenoxy) is 1. The Labute approximate surface area is 140 Å². The highest BCUT2D eigenvalue weighted by molar-refractivity contribution is 5.75. The zero-order valence-electron chi connectivity index (χ0n) is 13.7. The van der Waals surface area contributed by atoms with Crippen molar-refractivity contribution in [2.75, 3.05) is 13.7 Å². The van der Waals surface area contributed by atoms with E-state index in [0.717, 1.165) is 29.8 Å². The predicted octanol–water partition coefficient (Wildman–Crippen LogP) is 1.49. The van der Waals surface area contributed by atoms with E-state index in [1.165, 1.54) is 10.7 Å². The second kappa shape index (κ2) is 7.29. The van der Waals surface area contributed by atoms with Crippen LogP contribution in [0, 0.1) is 0 Å². The number of para-hydroxylation sites is 1. The van der Waals surface area contributed by atoms with E-state index in [1.807, 2.05) is 24.3 Å². The number of hydrogen-bond donors (Lipinski definition) is 1. The molecule has 0 saturated heterocycles. The van der Waals surface area contributed by atoms with E-state index in [1.54, 1.807) is 13.2 Å². The maximum atomic E-state index is 12.1. The second-order valence-corrected chi connectivity index (χ2v) is 5.94. The second-order valence-electron chi connectivity index (χ2n) is 5.94. The minimum atomic E-state index is -0.251. The summed E-state index contributed by atoms with van der Waals surface area (Å²) in [7, 11) is 1.63. The van der Waals surface area contributed by atoms with Crippen LogP contribution in [0.2, 0.25) is 0 Å². The molecule has 1 aromatic heterocycles. The molecule has 126 valence electrons. The molecule has 1 amide bonds. The average molecular weight is 327 g/mol. The van der Waals surface area contributed by atoms with Gasteiger partial charge in [0.15, 0.2) is 0 Å².